The highest BCUT2D eigenvalue weighted by atomic mass is 35.5. The number of hydrogen-bond acceptors (Lipinski definition) is 5. The lowest BCUT2D eigenvalue weighted by atomic mass is 10.1. The number of hydrogen-bond donors (Lipinski definition) is 3. The minimum Gasteiger partial charge on any atom is -0.338 e. The summed E-state index contributed by atoms with van der Waals surface area (Å²) in [7, 11) is 0. The van der Waals surface area contributed by atoms with Crippen LogP contribution in [-0.2, 0) is 6.42 Å². The number of nitrogens with zero attached hydrogens (tertiary/aromatic N) is 2. The molecular weight excluding hydrogens is 262 g/mol. The maximum atomic E-state index is 6.20. The third kappa shape index (κ3) is 2.77. The molecule has 1 heterocycles. The standard InChI is InChI=1S/C13H16ClN5/c1-3-9-12(16-7-17-13(9)19-15)18-11-8(2)5-4-6-10(11)14/h4-7H,3,15H2,1-2H3,(H2,16,17,18,19). The van der Waals surface area contributed by atoms with Crippen molar-refractivity contribution in [3.05, 3.63) is 40.7 Å². The molecule has 19 heavy (non-hydrogen) atoms. The first-order chi connectivity index (χ1) is 9.17. The van der Waals surface area contributed by atoms with Gasteiger partial charge >= 0.3 is 0 Å². The molecule has 0 spiro atoms. The molecule has 2 rings (SSSR count). The van der Waals surface area contributed by atoms with Crippen LogP contribution < -0.4 is 16.6 Å². The number of aryl methyl sites for hydroxylation is 1. The fraction of sp³-hybridized carbons (Fsp3) is 0.231. The van der Waals surface area contributed by atoms with E-state index in [1.807, 2.05) is 32.0 Å². The fourth-order valence-electron chi connectivity index (χ4n) is 1.89. The van der Waals surface area contributed by atoms with Crippen LogP contribution in [-0.4, -0.2) is 9.97 Å². The number of halogens is 1. The molecule has 4 N–H and O–H groups in total. The number of para-hydroxylation sites is 1. The van der Waals surface area contributed by atoms with E-state index < -0.39 is 0 Å². The monoisotopic (exact) mass is 277 g/mol. The van der Waals surface area contributed by atoms with Crippen molar-refractivity contribution in [2.45, 2.75) is 20.3 Å². The second-order valence-electron chi connectivity index (χ2n) is 4.10. The van der Waals surface area contributed by atoms with Crippen LogP contribution in [0.5, 0.6) is 0 Å². The Balaban J connectivity index is 2.44. The number of rotatable bonds is 4. The average molecular weight is 278 g/mol. The molecule has 0 saturated carbocycles. The van der Waals surface area contributed by atoms with Crippen molar-refractivity contribution in [2.24, 2.45) is 5.84 Å². The zero-order chi connectivity index (χ0) is 13.8. The molecule has 0 aliphatic rings. The smallest absolute Gasteiger partial charge is 0.148 e. The first-order valence-electron chi connectivity index (χ1n) is 6.00. The van der Waals surface area contributed by atoms with E-state index in [4.69, 9.17) is 17.4 Å². The lowest BCUT2D eigenvalue weighted by Crippen LogP contribution is -2.13. The molecule has 0 aliphatic carbocycles. The number of anilines is 3. The Kier molecular flexibility index (Phi) is 4.19. The Morgan fingerprint density at radius 2 is 2.00 bits per heavy atom. The number of aromatic nitrogens is 2. The van der Waals surface area contributed by atoms with Crippen LogP contribution in [0.4, 0.5) is 17.3 Å². The van der Waals surface area contributed by atoms with Gasteiger partial charge in [0.1, 0.15) is 18.0 Å². The van der Waals surface area contributed by atoms with Crippen LogP contribution in [0.25, 0.3) is 0 Å². The zero-order valence-electron chi connectivity index (χ0n) is 10.9. The summed E-state index contributed by atoms with van der Waals surface area (Å²) in [4.78, 5) is 8.35. The second-order valence-corrected chi connectivity index (χ2v) is 4.51. The Morgan fingerprint density at radius 1 is 1.26 bits per heavy atom. The lowest BCUT2D eigenvalue weighted by molar-refractivity contribution is 1.04. The molecule has 1 aromatic heterocycles. The van der Waals surface area contributed by atoms with Gasteiger partial charge < -0.3 is 10.7 Å². The maximum absolute atomic E-state index is 6.20. The van der Waals surface area contributed by atoms with Gasteiger partial charge in [0.2, 0.25) is 0 Å². The van der Waals surface area contributed by atoms with Gasteiger partial charge in [0, 0.05) is 5.56 Å². The highest BCUT2D eigenvalue weighted by Gasteiger charge is 2.11. The molecular formula is C13H16ClN5. The molecule has 100 valence electrons. The Morgan fingerprint density at radius 3 is 2.63 bits per heavy atom. The van der Waals surface area contributed by atoms with Crippen molar-refractivity contribution >= 4 is 28.9 Å². The number of hydrazine groups is 1. The number of nitrogens with one attached hydrogen (secondary N) is 2. The lowest BCUT2D eigenvalue weighted by Gasteiger charge is -2.15. The largest absolute Gasteiger partial charge is 0.338 e. The Bertz CT molecular complexity index is 565. The van der Waals surface area contributed by atoms with Crippen LogP contribution in [0.2, 0.25) is 5.02 Å². The highest BCUT2D eigenvalue weighted by molar-refractivity contribution is 6.33. The average Bonchev–Trinajstić information content (AvgIpc) is 2.42. The van der Waals surface area contributed by atoms with Crippen molar-refractivity contribution in [3.8, 4) is 0 Å². The van der Waals surface area contributed by atoms with Crippen molar-refractivity contribution < 1.29 is 0 Å². The summed E-state index contributed by atoms with van der Waals surface area (Å²) < 4.78 is 0. The number of benzene rings is 1. The summed E-state index contributed by atoms with van der Waals surface area (Å²) in [6.07, 6.45) is 2.22. The topological polar surface area (TPSA) is 75.9 Å². The van der Waals surface area contributed by atoms with Gasteiger partial charge in [0.05, 0.1) is 10.7 Å². The fourth-order valence-corrected chi connectivity index (χ4v) is 2.16. The molecule has 2 aromatic rings. The van der Waals surface area contributed by atoms with Crippen LogP contribution in [0, 0.1) is 6.92 Å². The van der Waals surface area contributed by atoms with Gasteiger partial charge in [0.15, 0.2) is 0 Å². The van der Waals surface area contributed by atoms with E-state index in [0.717, 1.165) is 23.2 Å². The van der Waals surface area contributed by atoms with Gasteiger partial charge in [-0.3, -0.25) is 0 Å². The molecule has 0 atom stereocenters. The molecule has 0 amide bonds. The van der Waals surface area contributed by atoms with Gasteiger partial charge in [-0.2, -0.15) is 0 Å². The second kappa shape index (κ2) is 5.86. The number of nitrogen functional groups attached to an aromatic ring is 1. The van der Waals surface area contributed by atoms with Crippen molar-refractivity contribution in [1.82, 2.24) is 9.97 Å². The molecule has 0 radical (unpaired) electrons. The predicted octanol–water partition coefficient (Wildman–Crippen LogP) is 3.03. The van der Waals surface area contributed by atoms with Gasteiger partial charge in [-0.1, -0.05) is 30.7 Å². The van der Waals surface area contributed by atoms with Gasteiger partial charge in [-0.15, -0.1) is 0 Å². The maximum Gasteiger partial charge on any atom is 0.148 e. The van der Waals surface area contributed by atoms with Crippen molar-refractivity contribution in [2.75, 3.05) is 10.7 Å². The summed E-state index contributed by atoms with van der Waals surface area (Å²) in [5.41, 5.74) is 5.40. The van der Waals surface area contributed by atoms with E-state index >= 15 is 0 Å². The molecule has 1 aromatic carbocycles. The molecule has 0 fully saturated rings. The van der Waals surface area contributed by atoms with Crippen LogP contribution >= 0.6 is 11.6 Å². The SMILES string of the molecule is CCc1c(NN)ncnc1Nc1c(C)cccc1Cl. The van der Waals surface area contributed by atoms with Crippen LogP contribution in [0.15, 0.2) is 24.5 Å². The first-order valence-corrected chi connectivity index (χ1v) is 6.37. The minimum atomic E-state index is 0.615. The quantitative estimate of drug-likeness (QED) is 0.592. The minimum absolute atomic E-state index is 0.615. The molecule has 5 nitrogen and oxygen atoms in total. The van der Waals surface area contributed by atoms with Gasteiger partial charge in [-0.25, -0.2) is 15.8 Å². The summed E-state index contributed by atoms with van der Waals surface area (Å²) in [5.74, 6) is 6.78. The first kappa shape index (κ1) is 13.6. The Labute approximate surface area is 117 Å². The summed E-state index contributed by atoms with van der Waals surface area (Å²) in [5, 5.41) is 3.91. The Hall–Kier alpha value is -1.85. The molecule has 0 bridgehead atoms. The van der Waals surface area contributed by atoms with E-state index in [9.17, 15) is 0 Å². The van der Waals surface area contributed by atoms with E-state index in [0.29, 0.717) is 16.7 Å². The van der Waals surface area contributed by atoms with E-state index in [2.05, 4.69) is 20.7 Å². The predicted molar refractivity (Wildman–Crippen MR) is 78.7 cm³/mol. The number of nitrogens with two attached hydrogens (primary N) is 1. The molecule has 0 unspecified atom stereocenters. The van der Waals surface area contributed by atoms with Crippen LogP contribution in [0.3, 0.4) is 0 Å². The molecule has 0 saturated heterocycles. The van der Waals surface area contributed by atoms with E-state index in [1.165, 1.54) is 6.33 Å². The van der Waals surface area contributed by atoms with Crippen molar-refractivity contribution in [3.63, 3.8) is 0 Å². The van der Waals surface area contributed by atoms with Crippen molar-refractivity contribution in [1.29, 1.82) is 0 Å². The van der Waals surface area contributed by atoms with E-state index in [1.54, 1.807) is 0 Å². The third-order valence-electron chi connectivity index (χ3n) is 2.90. The molecule has 0 aliphatic heterocycles. The van der Waals surface area contributed by atoms with E-state index in [-0.39, 0.29) is 0 Å². The zero-order valence-corrected chi connectivity index (χ0v) is 11.6. The summed E-state index contributed by atoms with van der Waals surface area (Å²) in [6, 6.07) is 5.74. The van der Waals surface area contributed by atoms with Gasteiger partial charge in [0.25, 0.3) is 0 Å². The highest BCUT2D eigenvalue weighted by Crippen LogP contribution is 2.30. The van der Waals surface area contributed by atoms with Crippen LogP contribution in [0.1, 0.15) is 18.1 Å². The normalized spacial score (nSPS) is 10.3. The molecule has 6 heteroatoms. The summed E-state index contributed by atoms with van der Waals surface area (Å²) in [6.45, 7) is 4.01. The van der Waals surface area contributed by atoms with Gasteiger partial charge in [-0.05, 0) is 25.0 Å². The third-order valence-corrected chi connectivity index (χ3v) is 3.22. The summed E-state index contributed by atoms with van der Waals surface area (Å²) >= 11 is 6.20.